The summed E-state index contributed by atoms with van der Waals surface area (Å²) in [6.45, 7) is 2.31. The molecule has 2 aromatic rings. The molecule has 2 aliphatic rings. The van der Waals surface area contributed by atoms with Crippen LogP contribution in [0.5, 0.6) is 5.75 Å². The lowest BCUT2D eigenvalue weighted by Crippen LogP contribution is -2.52. The van der Waals surface area contributed by atoms with E-state index in [1.807, 2.05) is 12.1 Å². The van der Waals surface area contributed by atoms with Crippen LogP contribution in [-0.2, 0) is 21.4 Å². The summed E-state index contributed by atoms with van der Waals surface area (Å²) >= 11 is 6.14. The maximum atomic E-state index is 12.9. The molecule has 0 saturated heterocycles. The van der Waals surface area contributed by atoms with Crippen LogP contribution in [0.4, 0.5) is 0 Å². The Labute approximate surface area is 189 Å². The molecule has 2 aromatic carbocycles. The minimum absolute atomic E-state index is 0.00916. The fraction of sp³-hybridized carbons (Fsp3) is 0.500. The van der Waals surface area contributed by atoms with Crippen molar-refractivity contribution in [3.8, 4) is 5.75 Å². The number of aliphatic hydroxyl groups excluding tert-OH is 1. The number of hydrogen-bond acceptors (Lipinski definition) is 4. The fourth-order valence-electron chi connectivity index (χ4n) is 5.80. The highest BCUT2D eigenvalue weighted by atomic mass is 35.5. The molecule has 1 spiro atoms. The van der Waals surface area contributed by atoms with Crippen molar-refractivity contribution in [1.82, 2.24) is 0 Å². The van der Waals surface area contributed by atoms with E-state index in [1.54, 1.807) is 12.1 Å². The lowest BCUT2D eigenvalue weighted by atomic mass is 9.60. The molecule has 2 aliphatic carbocycles. The minimum Gasteiger partial charge on any atom is -0.476 e. The van der Waals surface area contributed by atoms with Gasteiger partial charge in [-0.15, -0.1) is 0 Å². The summed E-state index contributed by atoms with van der Waals surface area (Å²) in [4.78, 5) is 12.9. The summed E-state index contributed by atoms with van der Waals surface area (Å²) in [5.41, 5.74) is 1.82. The van der Waals surface area contributed by atoms with E-state index in [9.17, 15) is 9.90 Å². The van der Waals surface area contributed by atoms with Crippen molar-refractivity contribution in [3.63, 3.8) is 0 Å². The van der Waals surface area contributed by atoms with Crippen molar-refractivity contribution in [2.45, 2.75) is 56.5 Å². The Hall–Kier alpha value is -2.04. The van der Waals surface area contributed by atoms with Gasteiger partial charge in [0.2, 0.25) is 5.60 Å². The molecule has 0 radical (unpaired) electrons. The van der Waals surface area contributed by atoms with Crippen molar-refractivity contribution < 1.29 is 19.4 Å². The number of fused-ring (bicyclic) bond motifs is 2. The maximum absolute atomic E-state index is 12.9. The van der Waals surface area contributed by atoms with Gasteiger partial charge in [-0.05, 0) is 85.1 Å². The van der Waals surface area contributed by atoms with Crippen molar-refractivity contribution in [2.75, 3.05) is 13.7 Å². The van der Waals surface area contributed by atoms with Gasteiger partial charge in [0, 0.05) is 11.6 Å². The molecular weight excluding hydrogens is 412 g/mol. The number of ether oxygens (including phenoxy) is 2. The minimum atomic E-state index is -1.00. The second-order valence-corrected chi connectivity index (χ2v) is 9.72. The smallest absolute Gasteiger partial charge is 0.350 e. The van der Waals surface area contributed by atoms with Crippen LogP contribution in [0.2, 0.25) is 5.02 Å². The van der Waals surface area contributed by atoms with E-state index < -0.39 is 5.60 Å². The molecule has 1 saturated carbocycles. The van der Waals surface area contributed by atoms with Gasteiger partial charge < -0.3 is 14.6 Å². The van der Waals surface area contributed by atoms with Gasteiger partial charge in [0.25, 0.3) is 0 Å². The van der Waals surface area contributed by atoms with Gasteiger partial charge in [-0.25, -0.2) is 4.79 Å². The van der Waals surface area contributed by atoms with Crippen LogP contribution in [0.3, 0.4) is 0 Å². The lowest BCUT2D eigenvalue weighted by molar-refractivity contribution is -0.164. The number of carbonyl (C=O) groups is 1. The van der Waals surface area contributed by atoms with E-state index in [4.69, 9.17) is 21.1 Å². The zero-order chi connectivity index (χ0) is 22.1. The molecule has 4 rings (SSSR count). The summed E-state index contributed by atoms with van der Waals surface area (Å²) in [5.74, 6) is 0.972. The monoisotopic (exact) mass is 442 g/mol. The normalized spacial score (nSPS) is 28.2. The number of esters is 1. The molecule has 2 atom stereocenters. The number of hydrogen-bond donors (Lipinski definition) is 1. The largest absolute Gasteiger partial charge is 0.476 e. The molecule has 1 unspecified atom stereocenters. The molecule has 0 heterocycles. The Balaban J connectivity index is 1.64. The topological polar surface area (TPSA) is 55.8 Å². The third kappa shape index (κ3) is 4.08. The number of rotatable bonds is 6. The SMILES string of the molecule is COC(=O)C1(Oc2cccc(Cl)c2)CCC2(CC1)c1ccccc1CC2C[C@@H](C)CO. The van der Waals surface area contributed by atoms with Crippen molar-refractivity contribution in [3.05, 3.63) is 64.7 Å². The summed E-state index contributed by atoms with van der Waals surface area (Å²) in [7, 11) is 1.42. The van der Waals surface area contributed by atoms with Crippen LogP contribution < -0.4 is 4.74 Å². The zero-order valence-electron chi connectivity index (χ0n) is 18.3. The van der Waals surface area contributed by atoms with Gasteiger partial charge in [-0.1, -0.05) is 48.9 Å². The van der Waals surface area contributed by atoms with Crippen LogP contribution in [0, 0.1) is 11.8 Å². The Morgan fingerprint density at radius 3 is 2.58 bits per heavy atom. The lowest BCUT2D eigenvalue weighted by Gasteiger charge is -2.47. The summed E-state index contributed by atoms with van der Waals surface area (Å²) in [6.07, 6.45) is 4.88. The second-order valence-electron chi connectivity index (χ2n) is 9.28. The average Bonchev–Trinajstić information content (AvgIpc) is 3.07. The van der Waals surface area contributed by atoms with E-state index in [1.165, 1.54) is 18.2 Å². The average molecular weight is 443 g/mol. The van der Waals surface area contributed by atoms with Gasteiger partial charge in [-0.2, -0.15) is 0 Å². The van der Waals surface area contributed by atoms with Crippen LogP contribution in [0.15, 0.2) is 48.5 Å². The van der Waals surface area contributed by atoms with Gasteiger partial charge in [0.05, 0.1) is 7.11 Å². The third-order valence-corrected chi connectivity index (χ3v) is 7.65. The zero-order valence-corrected chi connectivity index (χ0v) is 19.0. The van der Waals surface area contributed by atoms with Crippen LogP contribution in [0.25, 0.3) is 0 Å². The molecule has 0 amide bonds. The first kappa shape index (κ1) is 22.2. The molecule has 1 N–H and O–H groups in total. The van der Waals surface area contributed by atoms with Crippen LogP contribution >= 0.6 is 11.6 Å². The second kappa shape index (κ2) is 8.84. The number of methoxy groups -OCH3 is 1. The molecule has 5 heteroatoms. The van der Waals surface area contributed by atoms with E-state index in [2.05, 4.69) is 31.2 Å². The van der Waals surface area contributed by atoms with Gasteiger partial charge in [0.15, 0.2) is 0 Å². The first-order valence-corrected chi connectivity index (χ1v) is 11.5. The summed E-state index contributed by atoms with van der Waals surface area (Å²) in [6, 6.07) is 15.9. The molecule has 0 aromatic heterocycles. The predicted molar refractivity (Wildman–Crippen MR) is 121 cm³/mol. The Morgan fingerprint density at radius 2 is 1.90 bits per heavy atom. The van der Waals surface area contributed by atoms with E-state index >= 15 is 0 Å². The standard InChI is InChI=1S/C26H31ClO4/c1-18(17-28)14-20-15-19-6-3-4-9-23(19)25(20)10-12-26(13-11-25,24(29)30-2)31-22-8-5-7-21(27)16-22/h3-9,16,18,20,28H,10-15,17H2,1-2H3/t18-,20?,25?,26?/m1/s1. The van der Waals surface area contributed by atoms with Crippen LogP contribution in [-0.4, -0.2) is 30.4 Å². The Kier molecular flexibility index (Phi) is 6.32. The predicted octanol–water partition coefficient (Wildman–Crippen LogP) is 5.33. The number of benzene rings is 2. The van der Waals surface area contributed by atoms with E-state index in [0.717, 1.165) is 25.7 Å². The quantitative estimate of drug-likeness (QED) is 0.614. The maximum Gasteiger partial charge on any atom is 0.350 e. The number of halogens is 1. The van der Waals surface area contributed by atoms with Gasteiger partial charge in [-0.3, -0.25) is 0 Å². The van der Waals surface area contributed by atoms with Crippen LogP contribution in [0.1, 0.15) is 50.2 Å². The number of carbonyl (C=O) groups excluding carboxylic acids is 1. The van der Waals surface area contributed by atoms with E-state index in [0.29, 0.717) is 29.5 Å². The van der Waals surface area contributed by atoms with Crippen molar-refractivity contribution >= 4 is 17.6 Å². The molecule has 166 valence electrons. The summed E-state index contributed by atoms with van der Waals surface area (Å²) < 4.78 is 11.5. The molecule has 1 fully saturated rings. The molecule has 4 nitrogen and oxygen atoms in total. The molecular formula is C26H31ClO4. The highest BCUT2D eigenvalue weighted by Gasteiger charge is 2.55. The van der Waals surface area contributed by atoms with Crippen molar-refractivity contribution in [1.29, 1.82) is 0 Å². The first-order chi connectivity index (χ1) is 14.9. The highest BCUT2D eigenvalue weighted by Crippen LogP contribution is 2.56. The molecule has 31 heavy (non-hydrogen) atoms. The Morgan fingerprint density at radius 1 is 1.16 bits per heavy atom. The molecule has 0 aliphatic heterocycles. The first-order valence-electron chi connectivity index (χ1n) is 11.1. The Bertz CT molecular complexity index is 933. The van der Waals surface area contributed by atoms with E-state index in [-0.39, 0.29) is 23.9 Å². The molecule has 0 bridgehead atoms. The number of aliphatic hydroxyl groups is 1. The van der Waals surface area contributed by atoms with Crippen molar-refractivity contribution in [2.24, 2.45) is 11.8 Å². The third-order valence-electron chi connectivity index (χ3n) is 7.42. The van der Waals surface area contributed by atoms with Gasteiger partial charge >= 0.3 is 5.97 Å². The highest BCUT2D eigenvalue weighted by molar-refractivity contribution is 6.30. The van der Waals surface area contributed by atoms with Gasteiger partial charge in [0.1, 0.15) is 5.75 Å². The fourth-order valence-corrected chi connectivity index (χ4v) is 5.98. The summed E-state index contributed by atoms with van der Waals surface area (Å²) in [5, 5.41) is 10.3.